The normalized spacial score (nSPS) is 11.7. The molecule has 1 rings (SSSR count). The first-order valence-corrected chi connectivity index (χ1v) is 3.89. The van der Waals surface area contributed by atoms with Crippen molar-refractivity contribution in [2.75, 3.05) is 13.7 Å². The molecule has 3 nitrogen and oxygen atoms in total. The van der Waals surface area contributed by atoms with Crippen LogP contribution in [0.4, 0.5) is 4.39 Å². The molecule has 0 fully saturated rings. The lowest BCUT2D eigenvalue weighted by Gasteiger charge is -2.10. The summed E-state index contributed by atoms with van der Waals surface area (Å²) in [6.07, 6.45) is 0. The Morgan fingerprint density at radius 3 is 2.71 bits per heavy atom. The lowest BCUT2D eigenvalue weighted by molar-refractivity contribution is 0.265. The molecule has 0 aliphatic rings. The number of nitrogens with two attached hydrogens (primary N) is 1. The van der Waals surface area contributed by atoms with Gasteiger partial charge in [0.25, 0.3) is 0 Å². The Bertz CT molecular complexity index is 296. The zero-order valence-electron chi connectivity index (χ0n) is 7.74. The number of aliphatic hydroxyl groups excluding tert-OH is 1. The van der Waals surface area contributed by atoms with Crippen LogP contribution in [-0.2, 0) is 0 Å². The Hall–Kier alpha value is -0.840. The van der Waals surface area contributed by atoms with E-state index in [1.54, 1.807) is 0 Å². The van der Waals surface area contributed by atoms with Gasteiger partial charge in [0.1, 0.15) is 11.6 Å². The van der Waals surface area contributed by atoms with Crippen molar-refractivity contribution in [2.24, 2.45) is 5.73 Å². The van der Waals surface area contributed by atoms with Gasteiger partial charge in [-0.15, -0.1) is 12.4 Å². The van der Waals surface area contributed by atoms with Gasteiger partial charge < -0.3 is 15.6 Å². The van der Waals surface area contributed by atoms with E-state index in [2.05, 4.69) is 0 Å². The highest BCUT2D eigenvalue weighted by Gasteiger charge is 2.10. The Balaban J connectivity index is 0.00000169. The van der Waals surface area contributed by atoms with Crippen molar-refractivity contribution >= 4 is 12.4 Å². The van der Waals surface area contributed by atoms with Crippen LogP contribution in [0.15, 0.2) is 18.2 Å². The first-order chi connectivity index (χ1) is 6.19. The van der Waals surface area contributed by atoms with E-state index in [1.165, 1.54) is 25.3 Å². The van der Waals surface area contributed by atoms with Crippen LogP contribution in [0.25, 0.3) is 0 Å². The van der Waals surface area contributed by atoms with Crippen molar-refractivity contribution in [3.63, 3.8) is 0 Å². The zero-order chi connectivity index (χ0) is 9.84. The molecule has 14 heavy (non-hydrogen) atoms. The number of ether oxygens (including phenoxy) is 1. The summed E-state index contributed by atoms with van der Waals surface area (Å²) in [5.74, 6) is 0.0997. The second kappa shape index (κ2) is 5.80. The zero-order valence-corrected chi connectivity index (χ0v) is 8.55. The minimum Gasteiger partial charge on any atom is -0.497 e. The summed E-state index contributed by atoms with van der Waals surface area (Å²) < 4.78 is 18.0. The molecule has 80 valence electrons. The molecule has 0 aliphatic heterocycles. The number of methoxy groups -OCH3 is 1. The number of aliphatic hydroxyl groups is 1. The predicted octanol–water partition coefficient (Wildman–Crippen LogP) is 1.25. The molecule has 0 saturated carbocycles. The van der Waals surface area contributed by atoms with Crippen molar-refractivity contribution in [2.45, 2.75) is 6.04 Å². The first-order valence-electron chi connectivity index (χ1n) is 3.89. The fourth-order valence-corrected chi connectivity index (χ4v) is 1.03. The molecule has 0 amide bonds. The third-order valence-corrected chi connectivity index (χ3v) is 1.80. The van der Waals surface area contributed by atoms with Gasteiger partial charge >= 0.3 is 0 Å². The molecule has 0 saturated heterocycles. The fourth-order valence-electron chi connectivity index (χ4n) is 1.03. The molecule has 1 aromatic carbocycles. The number of benzene rings is 1. The van der Waals surface area contributed by atoms with Crippen LogP contribution >= 0.6 is 12.4 Å². The third kappa shape index (κ3) is 2.83. The maximum atomic E-state index is 13.1. The average molecular weight is 222 g/mol. The van der Waals surface area contributed by atoms with E-state index >= 15 is 0 Å². The van der Waals surface area contributed by atoms with Crippen LogP contribution in [0.2, 0.25) is 0 Å². The van der Waals surface area contributed by atoms with E-state index in [0.29, 0.717) is 5.75 Å². The summed E-state index contributed by atoms with van der Waals surface area (Å²) in [6.45, 7) is -0.288. The molecule has 0 aliphatic carbocycles. The lowest BCUT2D eigenvalue weighted by atomic mass is 10.1. The van der Waals surface area contributed by atoms with Gasteiger partial charge in [-0.25, -0.2) is 4.39 Å². The smallest absolute Gasteiger partial charge is 0.128 e. The fraction of sp³-hybridized carbons (Fsp3) is 0.333. The summed E-state index contributed by atoms with van der Waals surface area (Å²) in [7, 11) is 1.49. The van der Waals surface area contributed by atoms with E-state index < -0.39 is 11.9 Å². The van der Waals surface area contributed by atoms with E-state index in [9.17, 15) is 4.39 Å². The van der Waals surface area contributed by atoms with Gasteiger partial charge in [0.05, 0.1) is 19.8 Å². The number of halogens is 2. The van der Waals surface area contributed by atoms with Crippen LogP contribution in [0, 0.1) is 5.82 Å². The summed E-state index contributed by atoms with van der Waals surface area (Å²) in [5.41, 5.74) is 5.74. The third-order valence-electron chi connectivity index (χ3n) is 1.80. The van der Waals surface area contributed by atoms with E-state index in [-0.39, 0.29) is 24.6 Å². The van der Waals surface area contributed by atoms with Gasteiger partial charge in [0.15, 0.2) is 0 Å². The molecular weight excluding hydrogens is 209 g/mol. The second-order valence-electron chi connectivity index (χ2n) is 2.68. The first kappa shape index (κ1) is 13.2. The number of hydrogen-bond donors (Lipinski definition) is 2. The molecule has 1 aromatic rings. The highest BCUT2D eigenvalue weighted by atomic mass is 35.5. The van der Waals surface area contributed by atoms with Crippen molar-refractivity contribution in [1.29, 1.82) is 0 Å². The van der Waals surface area contributed by atoms with Gasteiger partial charge in [0.2, 0.25) is 0 Å². The van der Waals surface area contributed by atoms with Crippen molar-refractivity contribution in [3.05, 3.63) is 29.6 Å². The SMILES string of the molecule is COc1ccc(F)c([C@H](N)CO)c1.Cl. The van der Waals surface area contributed by atoms with Crippen LogP contribution in [0.1, 0.15) is 11.6 Å². The number of hydrogen-bond acceptors (Lipinski definition) is 3. The highest BCUT2D eigenvalue weighted by Crippen LogP contribution is 2.20. The molecule has 0 aromatic heterocycles. The van der Waals surface area contributed by atoms with Crippen LogP contribution < -0.4 is 10.5 Å². The maximum absolute atomic E-state index is 13.1. The Morgan fingerprint density at radius 1 is 1.57 bits per heavy atom. The van der Waals surface area contributed by atoms with E-state index in [4.69, 9.17) is 15.6 Å². The molecule has 0 radical (unpaired) electrons. The Labute approximate surface area is 88.1 Å². The Kier molecular flexibility index (Phi) is 5.45. The van der Waals surface area contributed by atoms with E-state index in [1.807, 2.05) is 0 Å². The van der Waals surface area contributed by atoms with Crippen LogP contribution in [-0.4, -0.2) is 18.8 Å². The van der Waals surface area contributed by atoms with Crippen LogP contribution in [0.5, 0.6) is 5.75 Å². The monoisotopic (exact) mass is 221 g/mol. The van der Waals surface area contributed by atoms with Crippen molar-refractivity contribution in [1.82, 2.24) is 0 Å². The number of rotatable bonds is 3. The molecule has 0 heterocycles. The van der Waals surface area contributed by atoms with Crippen molar-refractivity contribution in [3.8, 4) is 5.75 Å². The lowest BCUT2D eigenvalue weighted by Crippen LogP contribution is -2.16. The minimum absolute atomic E-state index is 0. The summed E-state index contributed by atoms with van der Waals surface area (Å²) in [6, 6.07) is 3.55. The molecule has 0 unspecified atom stereocenters. The topological polar surface area (TPSA) is 55.5 Å². The highest BCUT2D eigenvalue weighted by molar-refractivity contribution is 5.85. The van der Waals surface area contributed by atoms with Crippen LogP contribution in [0.3, 0.4) is 0 Å². The van der Waals surface area contributed by atoms with Gasteiger partial charge in [-0.1, -0.05) is 0 Å². The largest absolute Gasteiger partial charge is 0.497 e. The molecule has 3 N–H and O–H groups in total. The second-order valence-corrected chi connectivity index (χ2v) is 2.68. The summed E-state index contributed by atoms with van der Waals surface area (Å²) in [5, 5.41) is 8.74. The average Bonchev–Trinajstić information content (AvgIpc) is 2.17. The quantitative estimate of drug-likeness (QED) is 0.808. The summed E-state index contributed by atoms with van der Waals surface area (Å²) in [4.78, 5) is 0. The van der Waals surface area contributed by atoms with Gasteiger partial charge in [-0.3, -0.25) is 0 Å². The Morgan fingerprint density at radius 2 is 2.21 bits per heavy atom. The maximum Gasteiger partial charge on any atom is 0.128 e. The molecule has 0 bridgehead atoms. The minimum atomic E-state index is -0.699. The van der Waals surface area contributed by atoms with Gasteiger partial charge in [-0.2, -0.15) is 0 Å². The van der Waals surface area contributed by atoms with Gasteiger partial charge in [0, 0.05) is 5.56 Å². The molecule has 5 heteroatoms. The molecule has 0 spiro atoms. The van der Waals surface area contributed by atoms with Crippen molar-refractivity contribution < 1.29 is 14.2 Å². The standard InChI is InChI=1S/C9H12FNO2.ClH/c1-13-6-2-3-8(10)7(4-6)9(11)5-12;/h2-4,9,12H,5,11H2,1H3;1H/t9-;/m1./s1. The molecule has 1 atom stereocenters. The van der Waals surface area contributed by atoms with E-state index in [0.717, 1.165) is 0 Å². The predicted molar refractivity (Wildman–Crippen MR) is 54.2 cm³/mol. The van der Waals surface area contributed by atoms with Gasteiger partial charge in [-0.05, 0) is 18.2 Å². The molecular formula is C9H13ClFNO2. The summed E-state index contributed by atoms with van der Waals surface area (Å²) >= 11 is 0.